The molecule has 1 aromatic carbocycles. The Morgan fingerprint density at radius 3 is 2.58 bits per heavy atom. The van der Waals surface area contributed by atoms with Gasteiger partial charge in [0.25, 0.3) is 0 Å². The van der Waals surface area contributed by atoms with Crippen LogP contribution in [0.15, 0.2) is 42.6 Å². The number of carbonyl (C=O) groups is 1. The third kappa shape index (κ3) is 5.66. The third-order valence-corrected chi connectivity index (χ3v) is 7.20. The van der Waals surface area contributed by atoms with E-state index in [1.807, 2.05) is 6.07 Å². The predicted molar refractivity (Wildman–Crippen MR) is 145 cm³/mol. The van der Waals surface area contributed by atoms with E-state index in [1.54, 1.807) is 24.4 Å². The van der Waals surface area contributed by atoms with E-state index < -0.39 is 5.97 Å². The first kappa shape index (κ1) is 26.1. The number of ether oxygens (including phenoxy) is 1. The lowest BCUT2D eigenvalue weighted by molar-refractivity contribution is -0.136. The van der Waals surface area contributed by atoms with Gasteiger partial charge in [0.15, 0.2) is 0 Å². The molecule has 5 rings (SSSR count). The highest BCUT2D eigenvalue weighted by Gasteiger charge is 2.29. The summed E-state index contributed by atoms with van der Waals surface area (Å²) in [5.74, 6) is 0.860. The van der Waals surface area contributed by atoms with Crippen LogP contribution in [-0.4, -0.2) is 77.5 Å². The van der Waals surface area contributed by atoms with Gasteiger partial charge in [0.05, 0.1) is 36.4 Å². The number of carboxylic acids is 1. The molecule has 0 bridgehead atoms. The summed E-state index contributed by atoms with van der Waals surface area (Å²) in [4.78, 5) is 31.8. The molecule has 1 N–H and O–H groups in total. The minimum Gasteiger partial charge on any atom is -0.481 e. The largest absolute Gasteiger partial charge is 0.481 e. The van der Waals surface area contributed by atoms with Gasteiger partial charge < -0.3 is 24.5 Å². The van der Waals surface area contributed by atoms with Gasteiger partial charge in [0.1, 0.15) is 17.5 Å². The Morgan fingerprint density at radius 1 is 1.11 bits per heavy atom. The Balaban J connectivity index is 1.42. The van der Waals surface area contributed by atoms with Gasteiger partial charge >= 0.3 is 5.97 Å². The standard InChI is InChI=1S/C27H30ClFN6O3/c1-17-15-33(26-22(28)11-19(14-30-26)12-25(36)37)7-8-34(17)24-13-23(20-3-5-21(29)6-4-20)31-27(32-24)35-9-10-38-16-18(35)2/h3-6,11,13-14,17-18H,7-10,12,15-16H2,1-2H3,(H,36,37)/t17-,18?/m0/s1. The first-order valence-electron chi connectivity index (χ1n) is 12.7. The van der Waals surface area contributed by atoms with Crippen LogP contribution in [0.2, 0.25) is 5.02 Å². The van der Waals surface area contributed by atoms with Crippen molar-refractivity contribution in [1.82, 2.24) is 15.0 Å². The van der Waals surface area contributed by atoms with Crippen LogP contribution in [0.25, 0.3) is 11.3 Å². The van der Waals surface area contributed by atoms with E-state index in [0.29, 0.717) is 61.7 Å². The first-order valence-corrected chi connectivity index (χ1v) is 13.0. The van der Waals surface area contributed by atoms with Gasteiger partial charge in [-0.1, -0.05) is 11.6 Å². The Labute approximate surface area is 225 Å². The van der Waals surface area contributed by atoms with Gasteiger partial charge in [-0.05, 0) is 49.7 Å². The maximum absolute atomic E-state index is 13.6. The smallest absolute Gasteiger partial charge is 0.307 e. The highest BCUT2D eigenvalue weighted by molar-refractivity contribution is 6.33. The zero-order valence-electron chi connectivity index (χ0n) is 21.3. The summed E-state index contributed by atoms with van der Waals surface area (Å²) in [6.45, 7) is 8.11. The van der Waals surface area contributed by atoms with Gasteiger partial charge in [0.2, 0.25) is 5.95 Å². The van der Waals surface area contributed by atoms with Crippen LogP contribution in [0.1, 0.15) is 19.4 Å². The number of morpholine rings is 1. The molecule has 0 saturated carbocycles. The van der Waals surface area contributed by atoms with E-state index in [9.17, 15) is 9.18 Å². The number of hydrogen-bond donors (Lipinski definition) is 1. The third-order valence-electron chi connectivity index (χ3n) is 6.92. The summed E-state index contributed by atoms with van der Waals surface area (Å²) in [6.07, 6.45) is 1.45. The molecule has 1 unspecified atom stereocenters. The molecule has 9 nitrogen and oxygen atoms in total. The topological polar surface area (TPSA) is 94.9 Å². The highest BCUT2D eigenvalue weighted by atomic mass is 35.5. The van der Waals surface area contributed by atoms with Crippen molar-refractivity contribution < 1.29 is 19.0 Å². The highest BCUT2D eigenvalue weighted by Crippen LogP contribution is 2.31. The first-order chi connectivity index (χ1) is 18.3. The van der Waals surface area contributed by atoms with E-state index in [2.05, 4.69) is 33.5 Å². The molecule has 0 spiro atoms. The molecular formula is C27H30ClFN6O3. The Hall–Kier alpha value is -3.50. The number of piperazine rings is 1. The number of aliphatic carboxylic acids is 1. The van der Waals surface area contributed by atoms with Crippen molar-refractivity contribution in [3.8, 4) is 11.3 Å². The van der Waals surface area contributed by atoms with Crippen molar-refractivity contribution in [1.29, 1.82) is 0 Å². The lowest BCUT2D eigenvalue weighted by atomic mass is 10.1. The fourth-order valence-corrected chi connectivity index (χ4v) is 5.26. The van der Waals surface area contributed by atoms with Gasteiger partial charge in [-0.3, -0.25) is 4.79 Å². The molecule has 2 aromatic heterocycles. The van der Waals surface area contributed by atoms with Crippen LogP contribution < -0.4 is 14.7 Å². The molecule has 0 radical (unpaired) electrons. The second-order valence-electron chi connectivity index (χ2n) is 9.74. The number of anilines is 3. The summed E-state index contributed by atoms with van der Waals surface area (Å²) in [6, 6.07) is 10.2. The Morgan fingerprint density at radius 2 is 1.89 bits per heavy atom. The minimum absolute atomic E-state index is 0.0752. The van der Waals surface area contributed by atoms with Gasteiger partial charge in [-0.15, -0.1) is 0 Å². The molecule has 38 heavy (non-hydrogen) atoms. The molecule has 3 aromatic rings. The lowest BCUT2D eigenvalue weighted by Gasteiger charge is -2.42. The molecule has 2 aliphatic heterocycles. The molecular weight excluding hydrogens is 511 g/mol. The maximum Gasteiger partial charge on any atom is 0.307 e. The van der Waals surface area contributed by atoms with E-state index in [1.165, 1.54) is 12.1 Å². The SMILES string of the molecule is CC1COCCN1c1nc(-c2ccc(F)cc2)cc(N2CCN(c3ncc(CC(=O)O)cc3Cl)C[C@@H]2C)n1. The van der Waals surface area contributed by atoms with Gasteiger partial charge in [0, 0.05) is 50.0 Å². The number of halogens is 2. The predicted octanol–water partition coefficient (Wildman–Crippen LogP) is 3.90. The van der Waals surface area contributed by atoms with Crippen LogP contribution in [0.3, 0.4) is 0 Å². The molecule has 11 heteroatoms. The molecule has 200 valence electrons. The minimum atomic E-state index is -0.923. The monoisotopic (exact) mass is 540 g/mol. The van der Waals surface area contributed by atoms with Crippen molar-refractivity contribution in [2.75, 3.05) is 54.1 Å². The van der Waals surface area contributed by atoms with E-state index in [4.69, 9.17) is 31.4 Å². The summed E-state index contributed by atoms with van der Waals surface area (Å²) in [7, 11) is 0. The quantitative estimate of drug-likeness (QED) is 0.499. The van der Waals surface area contributed by atoms with Crippen molar-refractivity contribution >= 4 is 35.2 Å². The number of aromatic nitrogens is 3. The van der Waals surface area contributed by atoms with Gasteiger partial charge in [-0.2, -0.15) is 4.98 Å². The van der Waals surface area contributed by atoms with Crippen LogP contribution >= 0.6 is 11.6 Å². The summed E-state index contributed by atoms with van der Waals surface area (Å²) >= 11 is 6.49. The maximum atomic E-state index is 13.6. The number of pyridine rings is 1. The molecule has 2 atom stereocenters. The second-order valence-corrected chi connectivity index (χ2v) is 10.2. The van der Waals surface area contributed by atoms with Gasteiger partial charge in [-0.25, -0.2) is 14.4 Å². The average molecular weight is 541 g/mol. The average Bonchev–Trinajstić information content (AvgIpc) is 2.89. The summed E-state index contributed by atoms with van der Waals surface area (Å²) in [5.41, 5.74) is 2.12. The Bertz CT molecular complexity index is 1310. The summed E-state index contributed by atoms with van der Waals surface area (Å²) < 4.78 is 19.2. The van der Waals surface area contributed by atoms with Crippen molar-refractivity contribution in [2.45, 2.75) is 32.4 Å². The lowest BCUT2D eigenvalue weighted by Crippen LogP contribution is -2.53. The Kier molecular flexibility index (Phi) is 7.62. The van der Waals surface area contributed by atoms with Crippen LogP contribution in [0.4, 0.5) is 22.0 Å². The number of nitrogens with zero attached hydrogens (tertiary/aromatic N) is 6. The van der Waals surface area contributed by atoms with E-state index in [0.717, 1.165) is 17.1 Å². The fourth-order valence-electron chi connectivity index (χ4n) is 4.96. The molecule has 2 fully saturated rings. The number of hydrogen-bond acceptors (Lipinski definition) is 8. The van der Waals surface area contributed by atoms with Crippen molar-refractivity contribution in [3.05, 3.63) is 59.0 Å². The number of carboxylic acid groups (broad SMARTS) is 1. The zero-order valence-corrected chi connectivity index (χ0v) is 22.1. The fraction of sp³-hybridized carbons (Fsp3) is 0.407. The molecule has 2 aliphatic rings. The molecule has 0 amide bonds. The van der Waals surface area contributed by atoms with Crippen LogP contribution in [0, 0.1) is 5.82 Å². The van der Waals surface area contributed by atoms with Crippen molar-refractivity contribution in [3.63, 3.8) is 0 Å². The summed E-state index contributed by atoms with van der Waals surface area (Å²) in [5, 5.41) is 9.49. The van der Waals surface area contributed by atoms with Crippen LogP contribution in [0.5, 0.6) is 0 Å². The van der Waals surface area contributed by atoms with E-state index >= 15 is 0 Å². The molecule has 0 aliphatic carbocycles. The molecule has 2 saturated heterocycles. The zero-order chi connectivity index (χ0) is 26.8. The van der Waals surface area contributed by atoms with E-state index in [-0.39, 0.29) is 24.3 Å². The van der Waals surface area contributed by atoms with Crippen molar-refractivity contribution in [2.24, 2.45) is 0 Å². The number of benzene rings is 1. The second kappa shape index (κ2) is 11.1. The normalized spacial score (nSPS) is 20.1. The molecule has 4 heterocycles. The van der Waals surface area contributed by atoms with Crippen LogP contribution in [-0.2, 0) is 16.0 Å². The number of rotatable bonds is 6.